The maximum Gasteiger partial charge on any atom is 0.302 e. The average Bonchev–Trinajstić information content (AvgIpc) is 2.82. The molecule has 0 bridgehead atoms. The lowest BCUT2D eigenvalue weighted by molar-refractivity contribution is -0.163. The molecule has 3 heteroatoms. The van der Waals surface area contributed by atoms with Crippen molar-refractivity contribution in [2.24, 2.45) is 34.5 Å². The topological polar surface area (TPSA) is 43.4 Å². The Morgan fingerprint density at radius 2 is 1.75 bits per heavy atom. The van der Waals surface area contributed by atoms with Gasteiger partial charge in [0.05, 0.1) is 0 Å². The molecular weight excluding hydrogens is 300 g/mol. The van der Waals surface area contributed by atoms with Crippen molar-refractivity contribution in [2.45, 2.75) is 84.7 Å². The van der Waals surface area contributed by atoms with Gasteiger partial charge in [0, 0.05) is 25.2 Å². The van der Waals surface area contributed by atoms with Crippen LogP contribution in [0.2, 0.25) is 0 Å². The highest BCUT2D eigenvalue weighted by atomic mass is 16.5. The van der Waals surface area contributed by atoms with Crippen molar-refractivity contribution in [2.75, 3.05) is 0 Å². The summed E-state index contributed by atoms with van der Waals surface area (Å²) in [5.41, 5.74) is 0.397. The molecule has 4 saturated carbocycles. The summed E-state index contributed by atoms with van der Waals surface area (Å²) in [4.78, 5) is 23.7. The second kappa shape index (κ2) is 5.57. The first-order chi connectivity index (χ1) is 11.3. The summed E-state index contributed by atoms with van der Waals surface area (Å²) in [6.07, 6.45) is 10.1. The van der Waals surface area contributed by atoms with E-state index in [2.05, 4.69) is 13.8 Å². The first kappa shape index (κ1) is 16.6. The fourth-order valence-corrected chi connectivity index (χ4v) is 7.48. The molecule has 0 saturated heterocycles. The highest BCUT2D eigenvalue weighted by Gasteiger charge is 2.61. The zero-order valence-electron chi connectivity index (χ0n) is 15.5. The van der Waals surface area contributed by atoms with Crippen molar-refractivity contribution in [3.05, 3.63) is 0 Å². The second-order valence-electron chi connectivity index (χ2n) is 9.63. The van der Waals surface area contributed by atoms with Crippen LogP contribution in [0, 0.1) is 34.5 Å². The van der Waals surface area contributed by atoms with E-state index >= 15 is 0 Å². The van der Waals surface area contributed by atoms with Gasteiger partial charge >= 0.3 is 5.97 Å². The normalized spacial score (nSPS) is 50.6. The van der Waals surface area contributed by atoms with Crippen LogP contribution in [0.1, 0.15) is 78.6 Å². The summed E-state index contributed by atoms with van der Waals surface area (Å²) < 4.78 is 5.72. The number of Topliss-reactive ketones (excluding diaryl/α,β-unsaturated/α-hetero) is 1. The molecular formula is C21H32O3. The molecule has 134 valence electrons. The van der Waals surface area contributed by atoms with Gasteiger partial charge in [0.1, 0.15) is 11.9 Å². The van der Waals surface area contributed by atoms with Gasteiger partial charge in [0.2, 0.25) is 0 Å². The minimum absolute atomic E-state index is 0.111. The summed E-state index contributed by atoms with van der Waals surface area (Å²) in [5, 5.41) is 0. The van der Waals surface area contributed by atoms with Gasteiger partial charge in [-0.15, -0.1) is 0 Å². The minimum atomic E-state index is -0.127. The molecule has 0 aliphatic heterocycles. The summed E-state index contributed by atoms with van der Waals surface area (Å²) in [5.74, 6) is 3.23. The van der Waals surface area contributed by atoms with Crippen LogP contribution in [0.4, 0.5) is 0 Å². The standard InChI is InChI=1S/C21H32O3/c1-13(22)24-19-9-8-17-16-7-5-14-4-6-15(23)12-21(14,3)18(16)10-11-20(17,19)2/h14,16-19H,4-12H2,1-3H3/t14-,16-,17-,18-,19+,20-,21+/m1/s1. The molecule has 0 unspecified atom stereocenters. The number of esters is 1. The molecule has 0 aromatic carbocycles. The lowest BCUT2D eigenvalue weighted by Crippen LogP contribution is -2.54. The van der Waals surface area contributed by atoms with E-state index in [1.807, 2.05) is 0 Å². The highest BCUT2D eigenvalue weighted by Crippen LogP contribution is 2.66. The Hall–Kier alpha value is -0.860. The van der Waals surface area contributed by atoms with E-state index in [0.29, 0.717) is 17.6 Å². The SMILES string of the molecule is CC(=O)O[C@H]1CC[C@@H]2[C@H]3CC[C@H]4CCC(=O)C[C@]4(C)[C@@H]3CC[C@@]12C. The fraction of sp³-hybridized carbons (Fsp3) is 0.905. The van der Waals surface area contributed by atoms with Crippen molar-refractivity contribution in [3.63, 3.8) is 0 Å². The number of ether oxygens (including phenoxy) is 1. The molecule has 3 nitrogen and oxygen atoms in total. The predicted octanol–water partition coefficient (Wildman–Crippen LogP) is 4.53. The van der Waals surface area contributed by atoms with E-state index in [9.17, 15) is 9.59 Å². The third-order valence-electron chi connectivity index (χ3n) is 8.64. The van der Waals surface area contributed by atoms with Crippen LogP contribution in [-0.2, 0) is 14.3 Å². The maximum absolute atomic E-state index is 12.2. The van der Waals surface area contributed by atoms with Gasteiger partial charge in [0.15, 0.2) is 0 Å². The third-order valence-corrected chi connectivity index (χ3v) is 8.64. The van der Waals surface area contributed by atoms with Crippen LogP contribution in [-0.4, -0.2) is 17.9 Å². The van der Waals surface area contributed by atoms with Crippen molar-refractivity contribution >= 4 is 11.8 Å². The molecule has 4 fully saturated rings. The summed E-state index contributed by atoms with van der Waals surface area (Å²) in [7, 11) is 0. The van der Waals surface area contributed by atoms with Crippen LogP contribution in [0.5, 0.6) is 0 Å². The largest absolute Gasteiger partial charge is 0.462 e. The second-order valence-corrected chi connectivity index (χ2v) is 9.63. The molecule has 7 atom stereocenters. The Morgan fingerprint density at radius 3 is 2.50 bits per heavy atom. The van der Waals surface area contributed by atoms with Gasteiger partial charge in [-0.1, -0.05) is 13.8 Å². The molecule has 4 aliphatic carbocycles. The van der Waals surface area contributed by atoms with Gasteiger partial charge < -0.3 is 4.74 Å². The number of fused-ring (bicyclic) bond motifs is 5. The number of carbonyl (C=O) groups excluding carboxylic acids is 2. The van der Waals surface area contributed by atoms with Gasteiger partial charge in [-0.25, -0.2) is 0 Å². The summed E-state index contributed by atoms with van der Waals surface area (Å²) in [6, 6.07) is 0. The summed E-state index contributed by atoms with van der Waals surface area (Å²) >= 11 is 0. The van der Waals surface area contributed by atoms with Gasteiger partial charge in [-0.05, 0) is 74.0 Å². The lowest BCUT2D eigenvalue weighted by atomic mass is 9.45. The average molecular weight is 332 g/mol. The quantitative estimate of drug-likeness (QED) is 0.663. The van der Waals surface area contributed by atoms with E-state index < -0.39 is 0 Å². The van der Waals surface area contributed by atoms with E-state index in [-0.39, 0.29) is 22.9 Å². The monoisotopic (exact) mass is 332 g/mol. The Morgan fingerprint density at radius 1 is 1.00 bits per heavy atom. The first-order valence-electron chi connectivity index (χ1n) is 10.0. The molecule has 4 rings (SSSR count). The van der Waals surface area contributed by atoms with Gasteiger partial charge in [-0.2, -0.15) is 0 Å². The van der Waals surface area contributed by atoms with Crippen molar-refractivity contribution in [3.8, 4) is 0 Å². The van der Waals surface area contributed by atoms with E-state index in [1.165, 1.54) is 25.7 Å². The molecule has 0 heterocycles. The van der Waals surface area contributed by atoms with Crippen LogP contribution < -0.4 is 0 Å². The third kappa shape index (κ3) is 2.29. The van der Waals surface area contributed by atoms with Crippen molar-refractivity contribution in [1.29, 1.82) is 0 Å². The first-order valence-corrected chi connectivity index (χ1v) is 10.0. The van der Waals surface area contributed by atoms with Crippen LogP contribution in [0.3, 0.4) is 0 Å². The number of hydrogen-bond acceptors (Lipinski definition) is 3. The Kier molecular flexibility index (Phi) is 3.85. The van der Waals surface area contributed by atoms with E-state index in [0.717, 1.165) is 43.9 Å². The lowest BCUT2D eigenvalue weighted by Gasteiger charge is -2.59. The number of rotatable bonds is 1. The Bertz CT molecular complexity index is 555. The molecule has 0 amide bonds. The molecule has 0 aromatic heterocycles. The predicted molar refractivity (Wildman–Crippen MR) is 92.3 cm³/mol. The minimum Gasteiger partial charge on any atom is -0.462 e. The van der Waals surface area contributed by atoms with Crippen LogP contribution in [0.15, 0.2) is 0 Å². The van der Waals surface area contributed by atoms with Crippen LogP contribution >= 0.6 is 0 Å². The molecule has 0 radical (unpaired) electrons. The van der Waals surface area contributed by atoms with Gasteiger partial charge in [-0.3, -0.25) is 9.59 Å². The number of hydrogen-bond donors (Lipinski definition) is 0. The Labute approximate surface area is 145 Å². The molecule has 0 aromatic rings. The zero-order valence-corrected chi connectivity index (χ0v) is 15.5. The number of carbonyl (C=O) groups is 2. The molecule has 4 aliphatic rings. The number of ketones is 1. The molecule has 0 spiro atoms. The van der Waals surface area contributed by atoms with Gasteiger partial charge in [0.25, 0.3) is 0 Å². The van der Waals surface area contributed by atoms with E-state index in [4.69, 9.17) is 4.74 Å². The van der Waals surface area contributed by atoms with E-state index in [1.54, 1.807) is 6.92 Å². The summed E-state index contributed by atoms with van der Waals surface area (Å²) in [6.45, 7) is 6.34. The smallest absolute Gasteiger partial charge is 0.302 e. The fourth-order valence-electron chi connectivity index (χ4n) is 7.48. The highest BCUT2D eigenvalue weighted by molar-refractivity contribution is 5.80. The molecule has 0 N–H and O–H groups in total. The van der Waals surface area contributed by atoms with Crippen molar-refractivity contribution in [1.82, 2.24) is 0 Å². The molecule has 24 heavy (non-hydrogen) atoms. The zero-order chi connectivity index (χ0) is 17.1. The Balaban J connectivity index is 1.60. The maximum atomic E-state index is 12.2. The van der Waals surface area contributed by atoms with Crippen molar-refractivity contribution < 1.29 is 14.3 Å². The van der Waals surface area contributed by atoms with Crippen LogP contribution in [0.25, 0.3) is 0 Å².